The lowest BCUT2D eigenvalue weighted by Gasteiger charge is -2.19. The molecule has 10 rings (SSSR count). The molecule has 68 heavy (non-hydrogen) atoms. The van der Waals surface area contributed by atoms with Gasteiger partial charge in [-0.1, -0.05) is 192 Å². The van der Waals surface area contributed by atoms with Gasteiger partial charge in [-0.05, 0) is 150 Å². The smallest absolute Gasteiger partial charge is 0.0541 e. The van der Waals surface area contributed by atoms with Crippen LogP contribution in [-0.2, 0) is 21.7 Å². The van der Waals surface area contributed by atoms with Gasteiger partial charge in [-0.3, -0.25) is 0 Å². The second-order valence-electron chi connectivity index (χ2n) is 23.3. The van der Waals surface area contributed by atoms with Crippen LogP contribution in [0.5, 0.6) is 0 Å². The minimum Gasteiger partial charge on any atom is -0.309 e. The van der Waals surface area contributed by atoms with Crippen LogP contribution in [0.25, 0.3) is 89.4 Å². The molecule has 0 atom stereocenters. The monoisotopic (exact) mass is 887 g/mol. The van der Waals surface area contributed by atoms with Gasteiger partial charge >= 0.3 is 0 Å². The van der Waals surface area contributed by atoms with Gasteiger partial charge in [0.2, 0.25) is 0 Å². The van der Waals surface area contributed by atoms with Crippen LogP contribution in [0, 0.1) is 0 Å². The molecule has 0 radical (unpaired) electrons. The van der Waals surface area contributed by atoms with Crippen molar-refractivity contribution < 1.29 is 0 Å². The van der Waals surface area contributed by atoms with E-state index in [2.05, 4.69) is 274 Å². The topological polar surface area (TPSA) is 9.86 Å². The summed E-state index contributed by atoms with van der Waals surface area (Å²) < 4.78 is 4.86. The molecule has 2 nitrogen and oxygen atoms in total. The van der Waals surface area contributed by atoms with E-state index in [0.717, 1.165) is 0 Å². The highest BCUT2D eigenvalue weighted by Gasteiger charge is 2.23. The predicted molar refractivity (Wildman–Crippen MR) is 296 cm³/mol. The van der Waals surface area contributed by atoms with E-state index in [1.54, 1.807) is 0 Å². The van der Waals surface area contributed by atoms with Gasteiger partial charge in [0.15, 0.2) is 0 Å². The highest BCUT2D eigenvalue weighted by atomic mass is 15.0. The van der Waals surface area contributed by atoms with Crippen molar-refractivity contribution >= 4 is 55.8 Å². The summed E-state index contributed by atoms with van der Waals surface area (Å²) in [6, 6.07) is 64.0. The number of benzene rings is 8. The van der Waals surface area contributed by atoms with Gasteiger partial charge in [-0.15, -0.1) is 0 Å². The lowest BCUT2D eigenvalue weighted by atomic mass is 9.85. The first-order chi connectivity index (χ1) is 32.2. The van der Waals surface area contributed by atoms with Gasteiger partial charge in [0, 0.05) is 32.9 Å². The van der Waals surface area contributed by atoms with Gasteiger partial charge in [0.1, 0.15) is 0 Å². The van der Waals surface area contributed by atoms with Crippen LogP contribution < -0.4 is 0 Å². The number of fused-ring (bicyclic) bond motifs is 6. The molecule has 0 aliphatic carbocycles. The molecular weight excluding hydrogens is 821 g/mol. The van der Waals surface area contributed by atoms with Crippen molar-refractivity contribution in [3.63, 3.8) is 0 Å². The van der Waals surface area contributed by atoms with E-state index in [0.29, 0.717) is 0 Å². The molecule has 0 spiro atoms. The lowest BCUT2D eigenvalue weighted by Crippen LogP contribution is -2.10. The number of hydrogen-bond donors (Lipinski definition) is 0. The van der Waals surface area contributed by atoms with Crippen molar-refractivity contribution in [2.45, 2.75) is 105 Å². The Labute approximate surface area is 404 Å². The zero-order valence-corrected chi connectivity index (χ0v) is 42.2. The Kier molecular flexibility index (Phi) is 10.8. The van der Waals surface area contributed by atoms with Crippen LogP contribution in [0.1, 0.15) is 116 Å². The molecule has 0 bridgehead atoms. The maximum absolute atomic E-state index is 2.43. The fourth-order valence-electron chi connectivity index (χ4n) is 9.84. The van der Waals surface area contributed by atoms with Crippen molar-refractivity contribution in [1.29, 1.82) is 0 Å². The van der Waals surface area contributed by atoms with Crippen LogP contribution in [0.3, 0.4) is 0 Å². The van der Waals surface area contributed by atoms with Gasteiger partial charge in [0.05, 0.1) is 22.1 Å². The second kappa shape index (κ2) is 16.4. The summed E-state index contributed by atoms with van der Waals surface area (Å²) >= 11 is 0. The minimum absolute atomic E-state index is 0.0741. The van der Waals surface area contributed by atoms with E-state index in [1.165, 1.54) is 111 Å². The van der Waals surface area contributed by atoms with Crippen molar-refractivity contribution in [2.24, 2.45) is 0 Å². The molecule has 340 valence electrons. The Morgan fingerprint density at radius 2 is 0.485 bits per heavy atom. The van der Waals surface area contributed by atoms with Gasteiger partial charge in [0.25, 0.3) is 0 Å². The predicted octanol–water partition coefficient (Wildman–Crippen LogP) is 18.6. The molecule has 0 saturated carbocycles. The number of aromatic nitrogens is 2. The molecule has 0 fully saturated rings. The molecule has 0 aliphatic heterocycles. The molecule has 2 heteroatoms. The summed E-state index contributed by atoms with van der Waals surface area (Å²) in [5.74, 6) is 0. The molecule has 0 aliphatic rings. The third-order valence-corrected chi connectivity index (χ3v) is 14.2. The van der Waals surface area contributed by atoms with Gasteiger partial charge in [-0.25, -0.2) is 0 Å². The number of hydrogen-bond acceptors (Lipinski definition) is 0. The molecule has 0 unspecified atom stereocenters. The molecule has 0 N–H and O–H groups in total. The maximum atomic E-state index is 2.43. The van der Waals surface area contributed by atoms with Gasteiger partial charge < -0.3 is 9.13 Å². The fourth-order valence-corrected chi connectivity index (χ4v) is 9.84. The van der Waals surface area contributed by atoms with E-state index >= 15 is 0 Å². The van der Waals surface area contributed by atoms with Gasteiger partial charge in [-0.2, -0.15) is 0 Å². The Bertz CT molecular complexity index is 3140. The van der Waals surface area contributed by atoms with Crippen molar-refractivity contribution in [3.05, 3.63) is 203 Å². The highest BCUT2D eigenvalue weighted by Crippen LogP contribution is 2.40. The van der Waals surface area contributed by atoms with Crippen molar-refractivity contribution in [2.75, 3.05) is 0 Å². The minimum atomic E-state index is 0.0741. The van der Waals surface area contributed by atoms with E-state index in [4.69, 9.17) is 0 Å². The molecule has 0 saturated heterocycles. The molecular formula is C66H66N2. The van der Waals surface area contributed by atoms with E-state index in [1.807, 2.05) is 0 Å². The Morgan fingerprint density at radius 1 is 0.265 bits per heavy atom. The largest absolute Gasteiger partial charge is 0.309 e. The van der Waals surface area contributed by atoms with Crippen LogP contribution in [-0.4, -0.2) is 9.13 Å². The summed E-state index contributed by atoms with van der Waals surface area (Å²) in [6.07, 6.45) is 4.41. The van der Waals surface area contributed by atoms with E-state index < -0.39 is 0 Å². The summed E-state index contributed by atoms with van der Waals surface area (Å²) in [5.41, 5.74) is 20.2. The van der Waals surface area contributed by atoms with Crippen LogP contribution in [0.4, 0.5) is 0 Å². The lowest BCUT2D eigenvalue weighted by molar-refractivity contribution is 0.590. The first-order valence-electron chi connectivity index (χ1n) is 24.5. The Morgan fingerprint density at radius 3 is 0.706 bits per heavy atom. The SMILES string of the molecule is CC(C)(C)c1ccc2c(c1)c1cc(C(C)(C)C)ccc1n2-c1ccc(-c2ccc(C=Cc3ccc(-c4ccc(-n5c6ccc(C(C)(C)C)cc6c6cc(C(C)(C)C)ccc65)cc4)cc3)cc2)cc1. The summed E-state index contributed by atoms with van der Waals surface area (Å²) in [5, 5.41) is 5.25. The standard InChI is InChI=1S/C66H66N2/c1-63(2,3)49-27-35-59-55(39-49)56-40-50(64(4,5)6)28-36-60(56)67(59)53-31-23-47(24-32-53)45-19-15-43(16-20-45)13-14-44-17-21-46(22-18-44)48-25-33-54(34-26-48)68-61-37-29-51(65(7,8)9)41-57(61)58-42-52(66(10,11)12)30-38-62(58)68/h13-42H,1-12H3. The second-order valence-corrected chi connectivity index (χ2v) is 23.3. The molecule has 8 aromatic carbocycles. The summed E-state index contributed by atoms with van der Waals surface area (Å²) in [4.78, 5) is 0. The first kappa shape index (κ1) is 44.9. The average Bonchev–Trinajstić information content (AvgIpc) is 3.82. The Balaban J connectivity index is 0.859. The first-order valence-corrected chi connectivity index (χ1v) is 24.5. The maximum Gasteiger partial charge on any atom is 0.0541 e. The summed E-state index contributed by atoms with van der Waals surface area (Å²) in [6.45, 7) is 27.6. The van der Waals surface area contributed by atoms with E-state index in [-0.39, 0.29) is 21.7 Å². The summed E-state index contributed by atoms with van der Waals surface area (Å²) in [7, 11) is 0. The Hall–Kier alpha value is -6.90. The van der Waals surface area contributed by atoms with E-state index in [9.17, 15) is 0 Å². The van der Waals surface area contributed by atoms with Crippen LogP contribution in [0.15, 0.2) is 170 Å². The molecule has 10 aromatic rings. The number of nitrogens with zero attached hydrogens (tertiary/aromatic N) is 2. The van der Waals surface area contributed by atoms with Crippen LogP contribution in [0.2, 0.25) is 0 Å². The normalized spacial score (nSPS) is 12.9. The zero-order valence-electron chi connectivity index (χ0n) is 42.2. The third-order valence-electron chi connectivity index (χ3n) is 14.2. The molecule has 2 aromatic heterocycles. The molecule has 0 amide bonds. The fraction of sp³-hybridized carbons (Fsp3) is 0.242. The van der Waals surface area contributed by atoms with Crippen molar-refractivity contribution in [1.82, 2.24) is 9.13 Å². The van der Waals surface area contributed by atoms with Crippen molar-refractivity contribution in [3.8, 4) is 33.6 Å². The third kappa shape index (κ3) is 8.40. The quantitative estimate of drug-likeness (QED) is 0.147. The molecule has 2 heterocycles. The average molecular weight is 887 g/mol. The van der Waals surface area contributed by atoms with Crippen LogP contribution >= 0.6 is 0 Å². The highest BCUT2D eigenvalue weighted by molar-refractivity contribution is 6.11. The zero-order chi connectivity index (χ0) is 47.9. The number of rotatable bonds is 6.